The molecule has 9 heteroatoms. The van der Waals surface area contributed by atoms with Crippen LogP contribution in [-0.2, 0) is 4.79 Å². The number of aromatic nitrogens is 4. The first kappa shape index (κ1) is 24.2. The van der Waals surface area contributed by atoms with Crippen LogP contribution in [0.25, 0.3) is 33.5 Å². The highest BCUT2D eigenvalue weighted by molar-refractivity contribution is 6.01. The van der Waals surface area contributed by atoms with E-state index in [1.54, 1.807) is 18.3 Å². The molecule has 186 valence electrons. The number of aryl methyl sites for hydroxylation is 1. The van der Waals surface area contributed by atoms with Gasteiger partial charge in [-0.05, 0) is 61.0 Å². The number of amides is 1. The number of hydrogen-bond acceptors (Lipinski definition) is 4. The Kier molecular flexibility index (Phi) is 6.68. The topological polar surface area (TPSA) is 83.6 Å². The number of hydrogen-bond donors (Lipinski definition) is 2. The van der Waals surface area contributed by atoms with E-state index in [4.69, 9.17) is 4.98 Å². The van der Waals surface area contributed by atoms with Gasteiger partial charge in [0.25, 0.3) is 0 Å². The molecule has 0 bridgehead atoms. The van der Waals surface area contributed by atoms with Crippen LogP contribution in [0.3, 0.4) is 0 Å². The van der Waals surface area contributed by atoms with Gasteiger partial charge >= 0.3 is 0 Å². The van der Waals surface area contributed by atoms with Crippen LogP contribution in [0.15, 0.2) is 79.1 Å². The van der Waals surface area contributed by atoms with Gasteiger partial charge in [-0.2, -0.15) is 0 Å². The van der Waals surface area contributed by atoms with Gasteiger partial charge < -0.3 is 10.3 Å². The minimum Gasteiger partial charge on any atom is -0.353 e. The summed E-state index contributed by atoms with van der Waals surface area (Å²) in [5, 5.41) is 2.65. The first-order valence-corrected chi connectivity index (χ1v) is 11.6. The third kappa shape index (κ3) is 5.20. The molecule has 0 spiro atoms. The lowest BCUT2D eigenvalue weighted by Gasteiger charge is -2.17. The summed E-state index contributed by atoms with van der Waals surface area (Å²) in [4.78, 5) is 29.9. The fraction of sp³-hybridized carbons (Fsp3) is 0.143. The minimum absolute atomic E-state index is 0.193. The van der Waals surface area contributed by atoms with Crippen LogP contribution in [-0.4, -0.2) is 32.3 Å². The SMILES string of the molecule is Cc1ccc2[nH]c(-c3ccnc(NC(=O)C(CC(F)F)c4ccc(F)cc4)c3)c(-c3ccccn3)c2n1. The van der Waals surface area contributed by atoms with E-state index in [1.807, 2.05) is 37.3 Å². The Bertz CT molecular complexity index is 1550. The summed E-state index contributed by atoms with van der Waals surface area (Å²) in [6.45, 7) is 1.91. The monoisotopic (exact) mass is 501 g/mol. The predicted octanol–water partition coefficient (Wildman–Crippen LogP) is 6.51. The van der Waals surface area contributed by atoms with Crippen molar-refractivity contribution < 1.29 is 18.0 Å². The van der Waals surface area contributed by atoms with Crippen molar-refractivity contribution in [1.29, 1.82) is 0 Å². The zero-order valence-corrected chi connectivity index (χ0v) is 19.8. The van der Waals surface area contributed by atoms with Crippen LogP contribution >= 0.6 is 0 Å². The number of nitrogens with zero attached hydrogens (tertiary/aromatic N) is 3. The fourth-order valence-electron chi connectivity index (χ4n) is 4.28. The van der Waals surface area contributed by atoms with E-state index in [1.165, 1.54) is 18.3 Å². The quantitative estimate of drug-likeness (QED) is 0.266. The highest BCUT2D eigenvalue weighted by Gasteiger charge is 2.26. The van der Waals surface area contributed by atoms with Crippen molar-refractivity contribution in [3.8, 4) is 22.5 Å². The lowest BCUT2D eigenvalue weighted by atomic mass is 9.95. The molecule has 6 nitrogen and oxygen atoms in total. The van der Waals surface area contributed by atoms with E-state index in [0.29, 0.717) is 11.1 Å². The molecule has 0 saturated carbocycles. The summed E-state index contributed by atoms with van der Waals surface area (Å²) < 4.78 is 39.9. The molecule has 5 rings (SSSR count). The maximum atomic E-state index is 13.3. The maximum absolute atomic E-state index is 13.3. The molecule has 4 aromatic heterocycles. The minimum atomic E-state index is -2.72. The molecule has 4 heterocycles. The number of H-pyrrole nitrogens is 1. The number of anilines is 1. The van der Waals surface area contributed by atoms with Crippen LogP contribution in [0.2, 0.25) is 0 Å². The van der Waals surface area contributed by atoms with Crippen LogP contribution in [0.5, 0.6) is 0 Å². The Morgan fingerprint density at radius 3 is 2.54 bits per heavy atom. The smallest absolute Gasteiger partial charge is 0.239 e. The van der Waals surface area contributed by atoms with Gasteiger partial charge in [-0.3, -0.25) is 14.8 Å². The molecule has 1 atom stereocenters. The Balaban J connectivity index is 1.52. The molecule has 1 aromatic carbocycles. The molecule has 0 saturated heterocycles. The highest BCUT2D eigenvalue weighted by atomic mass is 19.3. The zero-order valence-electron chi connectivity index (χ0n) is 19.8. The standard InChI is InChI=1S/C28H22F3N5O/c1-16-5-10-22-27(34-16)25(21-4-2-3-12-32-21)26(35-22)18-11-13-33-24(14-18)36-28(37)20(15-23(30)31)17-6-8-19(29)9-7-17/h2-14,20,23,35H,15H2,1H3,(H,33,36,37). The van der Waals surface area contributed by atoms with E-state index in [9.17, 15) is 18.0 Å². The lowest BCUT2D eigenvalue weighted by molar-refractivity contribution is -0.118. The summed E-state index contributed by atoms with van der Waals surface area (Å²) in [6, 6.07) is 17.8. The number of benzene rings is 1. The number of halogens is 3. The Morgan fingerprint density at radius 1 is 1.00 bits per heavy atom. The molecule has 0 aliphatic carbocycles. The molecule has 37 heavy (non-hydrogen) atoms. The summed E-state index contributed by atoms with van der Waals surface area (Å²) in [5.74, 6) is -2.15. The van der Waals surface area contributed by atoms with Crippen molar-refractivity contribution >= 4 is 22.8 Å². The average Bonchev–Trinajstić information content (AvgIpc) is 3.27. The molecular formula is C28H22F3N5O. The van der Waals surface area contributed by atoms with Gasteiger partial charge in [0.1, 0.15) is 11.6 Å². The van der Waals surface area contributed by atoms with Crippen LogP contribution in [0, 0.1) is 12.7 Å². The van der Waals surface area contributed by atoms with Gasteiger partial charge in [-0.1, -0.05) is 18.2 Å². The highest BCUT2D eigenvalue weighted by Crippen LogP contribution is 2.37. The summed E-state index contributed by atoms with van der Waals surface area (Å²) in [6.07, 6.45) is -0.195. The Labute approximate surface area is 210 Å². The molecule has 0 aliphatic rings. The normalized spacial score (nSPS) is 12.1. The number of aromatic amines is 1. The third-order valence-corrected chi connectivity index (χ3v) is 6.00. The predicted molar refractivity (Wildman–Crippen MR) is 136 cm³/mol. The molecule has 0 radical (unpaired) electrons. The Hall–Kier alpha value is -4.53. The number of nitrogens with one attached hydrogen (secondary N) is 2. The van der Waals surface area contributed by atoms with Crippen LogP contribution in [0.4, 0.5) is 19.0 Å². The third-order valence-electron chi connectivity index (χ3n) is 6.00. The van der Waals surface area contributed by atoms with E-state index >= 15 is 0 Å². The largest absolute Gasteiger partial charge is 0.353 e. The van der Waals surface area contributed by atoms with Gasteiger partial charge in [0, 0.05) is 30.1 Å². The molecule has 0 aliphatic heterocycles. The molecule has 0 fully saturated rings. The van der Waals surface area contributed by atoms with Crippen molar-refractivity contribution in [2.75, 3.05) is 5.32 Å². The first-order chi connectivity index (χ1) is 17.9. The molecule has 5 aromatic rings. The number of carbonyl (C=O) groups excluding carboxylic acids is 1. The molecule has 2 N–H and O–H groups in total. The number of pyridine rings is 3. The van der Waals surface area contributed by atoms with Gasteiger partial charge in [-0.15, -0.1) is 0 Å². The first-order valence-electron chi connectivity index (χ1n) is 11.6. The zero-order chi connectivity index (χ0) is 25.9. The van der Waals surface area contributed by atoms with Crippen molar-refractivity contribution in [3.63, 3.8) is 0 Å². The number of alkyl halides is 2. The second kappa shape index (κ2) is 10.2. The fourth-order valence-corrected chi connectivity index (χ4v) is 4.28. The number of carbonyl (C=O) groups is 1. The van der Waals surface area contributed by atoms with Crippen LogP contribution in [0.1, 0.15) is 23.6 Å². The van der Waals surface area contributed by atoms with Gasteiger partial charge in [0.05, 0.1) is 33.9 Å². The maximum Gasteiger partial charge on any atom is 0.239 e. The van der Waals surface area contributed by atoms with Gasteiger partial charge in [0.2, 0.25) is 12.3 Å². The van der Waals surface area contributed by atoms with E-state index < -0.39 is 30.5 Å². The number of rotatable bonds is 7. The number of fused-ring (bicyclic) bond motifs is 1. The van der Waals surface area contributed by atoms with Gasteiger partial charge in [-0.25, -0.2) is 18.2 Å². The van der Waals surface area contributed by atoms with E-state index in [2.05, 4.69) is 20.3 Å². The molecule has 1 unspecified atom stereocenters. The second-order valence-electron chi connectivity index (χ2n) is 8.59. The summed E-state index contributed by atoms with van der Waals surface area (Å²) in [5.41, 5.74) is 5.67. The van der Waals surface area contributed by atoms with Crippen molar-refractivity contribution in [2.24, 2.45) is 0 Å². The van der Waals surface area contributed by atoms with Gasteiger partial charge in [0.15, 0.2) is 0 Å². The second-order valence-corrected chi connectivity index (χ2v) is 8.59. The van der Waals surface area contributed by atoms with Crippen LogP contribution < -0.4 is 5.32 Å². The van der Waals surface area contributed by atoms with Crippen molar-refractivity contribution in [2.45, 2.75) is 25.7 Å². The molecule has 1 amide bonds. The van der Waals surface area contributed by atoms with Crippen molar-refractivity contribution in [3.05, 3.63) is 96.2 Å². The molecular weight excluding hydrogens is 479 g/mol. The Morgan fingerprint density at radius 2 is 1.81 bits per heavy atom. The van der Waals surface area contributed by atoms with E-state index in [0.717, 1.165) is 45.8 Å². The summed E-state index contributed by atoms with van der Waals surface area (Å²) >= 11 is 0. The lowest BCUT2D eigenvalue weighted by Crippen LogP contribution is -2.23. The average molecular weight is 502 g/mol. The van der Waals surface area contributed by atoms with E-state index in [-0.39, 0.29) is 5.82 Å². The van der Waals surface area contributed by atoms with Crippen molar-refractivity contribution in [1.82, 2.24) is 19.9 Å². The summed E-state index contributed by atoms with van der Waals surface area (Å²) in [7, 11) is 0.